The molecule has 34 heavy (non-hydrogen) atoms. The van der Waals surface area contributed by atoms with Gasteiger partial charge in [-0.1, -0.05) is 20.3 Å². The number of carbonyl (C=O) groups excluding carboxylic acids is 2. The third-order valence-electron chi connectivity index (χ3n) is 6.50. The molecule has 0 atom stereocenters. The maximum absolute atomic E-state index is 13.2. The van der Waals surface area contributed by atoms with Gasteiger partial charge < -0.3 is 15.4 Å². The molecule has 1 aromatic carbocycles. The van der Waals surface area contributed by atoms with Gasteiger partial charge in [-0.25, -0.2) is 9.59 Å². The monoisotopic (exact) mass is 472 g/mol. The average Bonchev–Trinajstić information content (AvgIpc) is 2.79. The number of ether oxygens (including phenoxy) is 1. The van der Waals surface area contributed by atoms with E-state index in [2.05, 4.69) is 4.98 Å². The van der Waals surface area contributed by atoms with Crippen LogP contribution in [0, 0.1) is 34.6 Å². The van der Waals surface area contributed by atoms with Crippen LogP contribution in [0.4, 0.5) is 11.5 Å². The Morgan fingerprint density at radius 2 is 1.50 bits per heavy atom. The van der Waals surface area contributed by atoms with E-state index in [0.717, 1.165) is 34.2 Å². The summed E-state index contributed by atoms with van der Waals surface area (Å²) in [5, 5.41) is 0. The maximum Gasteiger partial charge on any atom is 0.339 e. The highest BCUT2D eigenvalue weighted by Gasteiger charge is 2.26. The minimum atomic E-state index is -0.748. The lowest BCUT2D eigenvalue weighted by molar-refractivity contribution is -0.121. The Morgan fingerprint density at radius 3 is 2.03 bits per heavy atom. The second kappa shape index (κ2) is 11.2. The lowest BCUT2D eigenvalue weighted by Crippen LogP contribution is -2.43. The van der Waals surface area contributed by atoms with Gasteiger partial charge in [0, 0.05) is 13.1 Å². The predicted molar refractivity (Wildman–Crippen MR) is 134 cm³/mol. The molecular formula is C25H36N4O5. The van der Waals surface area contributed by atoms with Crippen LogP contribution in [-0.4, -0.2) is 34.6 Å². The zero-order valence-corrected chi connectivity index (χ0v) is 21.3. The van der Waals surface area contributed by atoms with Crippen molar-refractivity contribution in [2.45, 2.75) is 74.3 Å². The van der Waals surface area contributed by atoms with Crippen molar-refractivity contribution in [3.8, 4) is 0 Å². The molecule has 3 N–H and O–H groups in total. The van der Waals surface area contributed by atoms with Crippen LogP contribution in [0.2, 0.25) is 0 Å². The van der Waals surface area contributed by atoms with Crippen LogP contribution in [0.3, 0.4) is 0 Å². The molecule has 0 bridgehead atoms. The van der Waals surface area contributed by atoms with Crippen LogP contribution < -0.4 is 21.9 Å². The first kappa shape index (κ1) is 26.9. The molecule has 1 aromatic heterocycles. The van der Waals surface area contributed by atoms with Gasteiger partial charge in [-0.3, -0.25) is 19.1 Å². The van der Waals surface area contributed by atoms with Crippen LogP contribution in [0.5, 0.6) is 0 Å². The molecule has 0 unspecified atom stereocenters. The van der Waals surface area contributed by atoms with Crippen molar-refractivity contribution in [2.24, 2.45) is 0 Å². The van der Waals surface area contributed by atoms with E-state index in [1.165, 1.54) is 9.47 Å². The van der Waals surface area contributed by atoms with Crippen LogP contribution in [0.15, 0.2) is 9.59 Å². The molecule has 1 heterocycles. The van der Waals surface area contributed by atoms with E-state index in [-0.39, 0.29) is 18.1 Å². The van der Waals surface area contributed by atoms with Crippen LogP contribution in [-0.2, 0) is 16.1 Å². The summed E-state index contributed by atoms with van der Waals surface area (Å²) in [6.45, 7) is 13.4. The minimum absolute atomic E-state index is 0.0807. The highest BCUT2D eigenvalue weighted by Crippen LogP contribution is 2.27. The summed E-state index contributed by atoms with van der Waals surface area (Å²) in [6, 6.07) is 0. The van der Waals surface area contributed by atoms with E-state index in [0.29, 0.717) is 24.9 Å². The van der Waals surface area contributed by atoms with Gasteiger partial charge in [0.2, 0.25) is 0 Å². The van der Waals surface area contributed by atoms with E-state index < -0.39 is 29.7 Å². The van der Waals surface area contributed by atoms with Gasteiger partial charge in [0.25, 0.3) is 11.5 Å². The molecule has 0 aliphatic carbocycles. The fourth-order valence-electron chi connectivity index (χ4n) is 4.04. The zero-order valence-electron chi connectivity index (χ0n) is 21.3. The quantitative estimate of drug-likeness (QED) is 0.540. The molecule has 0 aliphatic rings. The Bertz CT molecular complexity index is 1180. The normalized spacial score (nSPS) is 10.9. The Hall–Kier alpha value is -3.36. The molecule has 186 valence electrons. The second-order valence-electron chi connectivity index (χ2n) is 8.62. The van der Waals surface area contributed by atoms with Gasteiger partial charge in [0.15, 0.2) is 12.3 Å². The van der Waals surface area contributed by atoms with E-state index in [1.54, 1.807) is 0 Å². The summed E-state index contributed by atoms with van der Waals surface area (Å²) >= 11 is 0. The first-order valence-electron chi connectivity index (χ1n) is 11.6. The number of H-pyrrole nitrogens is 1. The molecule has 0 saturated heterocycles. The van der Waals surface area contributed by atoms with Gasteiger partial charge in [-0.05, 0) is 75.3 Å². The zero-order chi connectivity index (χ0) is 25.7. The van der Waals surface area contributed by atoms with E-state index >= 15 is 0 Å². The van der Waals surface area contributed by atoms with Crippen molar-refractivity contribution in [1.29, 1.82) is 0 Å². The van der Waals surface area contributed by atoms with Gasteiger partial charge in [0.1, 0.15) is 5.82 Å². The number of benzene rings is 1. The van der Waals surface area contributed by atoms with Crippen LogP contribution >= 0.6 is 0 Å². The smallest absolute Gasteiger partial charge is 0.339 e. The molecule has 2 rings (SSSR count). The number of esters is 1. The molecule has 2 aromatic rings. The predicted octanol–water partition coefficient (Wildman–Crippen LogP) is 3.06. The standard InChI is InChI=1S/C25H36N4O5/c1-8-10-12-28(21-22(26)29(11-9-2)25(33)27-23(21)31)19(30)13-34-24(32)20-17(6)15(4)14(3)16(5)18(20)7/h8-13,26H2,1-7H3,(H,27,31,33). The topological polar surface area (TPSA) is 127 Å². The van der Waals surface area contributed by atoms with E-state index in [4.69, 9.17) is 10.5 Å². The Morgan fingerprint density at radius 1 is 0.941 bits per heavy atom. The number of unbranched alkanes of at least 4 members (excludes halogenated alkanes) is 1. The second-order valence-corrected chi connectivity index (χ2v) is 8.62. The van der Waals surface area contributed by atoms with Crippen molar-refractivity contribution >= 4 is 23.4 Å². The number of hydrogen-bond donors (Lipinski definition) is 2. The maximum atomic E-state index is 13.2. The number of aromatic nitrogens is 2. The molecule has 0 saturated carbocycles. The van der Waals surface area contributed by atoms with Crippen LogP contribution in [0.25, 0.3) is 0 Å². The number of amides is 1. The van der Waals surface area contributed by atoms with Crippen molar-refractivity contribution in [3.05, 3.63) is 54.2 Å². The number of carbonyl (C=O) groups is 2. The Labute approximate surface area is 199 Å². The van der Waals surface area contributed by atoms with Crippen molar-refractivity contribution in [2.75, 3.05) is 23.8 Å². The van der Waals surface area contributed by atoms with Gasteiger partial charge in [0.05, 0.1) is 5.56 Å². The molecule has 0 spiro atoms. The molecule has 9 nitrogen and oxygen atoms in total. The summed E-state index contributed by atoms with van der Waals surface area (Å²) in [5.41, 5.74) is 9.88. The fourth-order valence-corrected chi connectivity index (χ4v) is 4.04. The molecule has 0 aliphatic heterocycles. The van der Waals surface area contributed by atoms with E-state index in [1.807, 2.05) is 48.5 Å². The third-order valence-corrected chi connectivity index (χ3v) is 6.50. The number of rotatable bonds is 9. The summed E-state index contributed by atoms with van der Waals surface area (Å²) in [5.74, 6) is -1.26. The average molecular weight is 473 g/mol. The Kier molecular flexibility index (Phi) is 8.84. The SMILES string of the molecule is CCCCN(C(=O)COC(=O)c1c(C)c(C)c(C)c(C)c1C)c1c(N)n(CCC)c(=O)[nH]c1=O. The number of anilines is 2. The number of nitrogen functional groups attached to an aromatic ring is 1. The Balaban J connectivity index is 2.40. The van der Waals surface area contributed by atoms with Gasteiger partial charge in [-0.2, -0.15) is 0 Å². The molecular weight excluding hydrogens is 436 g/mol. The molecule has 1 amide bonds. The lowest BCUT2D eigenvalue weighted by Gasteiger charge is -2.24. The molecule has 0 fully saturated rings. The van der Waals surface area contributed by atoms with Crippen molar-refractivity contribution in [1.82, 2.24) is 9.55 Å². The summed E-state index contributed by atoms with van der Waals surface area (Å²) in [6.07, 6.45) is 1.97. The number of nitrogens with one attached hydrogen (secondary N) is 1. The summed E-state index contributed by atoms with van der Waals surface area (Å²) in [4.78, 5) is 54.4. The molecule has 0 radical (unpaired) electrons. The minimum Gasteiger partial charge on any atom is -0.452 e. The van der Waals surface area contributed by atoms with Crippen molar-refractivity contribution in [3.63, 3.8) is 0 Å². The van der Waals surface area contributed by atoms with Crippen molar-refractivity contribution < 1.29 is 14.3 Å². The lowest BCUT2D eigenvalue weighted by atomic mass is 9.90. The first-order chi connectivity index (χ1) is 16.0. The van der Waals surface area contributed by atoms with Crippen LogP contribution in [0.1, 0.15) is 71.3 Å². The largest absolute Gasteiger partial charge is 0.452 e. The number of aromatic amines is 1. The van der Waals surface area contributed by atoms with E-state index in [9.17, 15) is 19.2 Å². The number of nitrogens with zero attached hydrogens (tertiary/aromatic N) is 2. The highest BCUT2D eigenvalue weighted by atomic mass is 16.5. The third kappa shape index (κ3) is 5.24. The van der Waals surface area contributed by atoms with Gasteiger partial charge in [-0.15, -0.1) is 0 Å². The fraction of sp³-hybridized carbons (Fsp3) is 0.520. The molecule has 9 heteroatoms. The number of hydrogen-bond acceptors (Lipinski definition) is 6. The summed E-state index contributed by atoms with van der Waals surface area (Å²) in [7, 11) is 0. The highest BCUT2D eigenvalue weighted by molar-refractivity contribution is 5.99. The first-order valence-corrected chi connectivity index (χ1v) is 11.6. The summed E-state index contributed by atoms with van der Waals surface area (Å²) < 4.78 is 6.65. The number of nitrogens with two attached hydrogens (primary N) is 1. The van der Waals surface area contributed by atoms with Gasteiger partial charge >= 0.3 is 11.7 Å².